The van der Waals surface area contributed by atoms with Crippen molar-refractivity contribution < 1.29 is 0 Å². The Bertz CT molecular complexity index is 460. The Morgan fingerprint density at radius 3 is 2.38 bits per heavy atom. The first-order valence-electron chi connectivity index (χ1n) is 5.68. The monoisotopic (exact) mass is 212 g/mol. The summed E-state index contributed by atoms with van der Waals surface area (Å²) in [7, 11) is 0. The van der Waals surface area contributed by atoms with Crippen molar-refractivity contribution in [3.05, 3.63) is 47.8 Å². The highest BCUT2D eigenvalue weighted by atomic mass is 14.9. The van der Waals surface area contributed by atoms with E-state index in [-0.39, 0.29) is 0 Å². The van der Waals surface area contributed by atoms with Crippen molar-refractivity contribution in [3.8, 4) is 11.4 Å². The Kier molecular flexibility index (Phi) is 3.30. The maximum absolute atomic E-state index is 4.42. The average Bonchev–Trinajstić information content (AvgIpc) is 2.31. The Hall–Kier alpha value is -1.70. The third kappa shape index (κ3) is 2.27. The van der Waals surface area contributed by atoms with Gasteiger partial charge in [-0.1, -0.05) is 37.6 Å². The molecular formula is C14H16N2. The van der Waals surface area contributed by atoms with Crippen LogP contribution in [0.25, 0.3) is 11.4 Å². The minimum atomic E-state index is 0.818. The Morgan fingerprint density at radius 2 is 1.75 bits per heavy atom. The number of aromatic nitrogens is 2. The lowest BCUT2D eigenvalue weighted by molar-refractivity contribution is 0.902. The summed E-state index contributed by atoms with van der Waals surface area (Å²) in [5, 5.41) is 0. The van der Waals surface area contributed by atoms with Crippen LogP contribution in [0.3, 0.4) is 0 Å². The van der Waals surface area contributed by atoms with Gasteiger partial charge in [0.1, 0.15) is 0 Å². The molecule has 0 saturated heterocycles. The molecule has 0 aliphatic carbocycles. The minimum Gasteiger partial charge on any atom is -0.236 e. The molecule has 0 aliphatic heterocycles. The Labute approximate surface area is 96.4 Å². The van der Waals surface area contributed by atoms with Gasteiger partial charge in [0, 0.05) is 18.0 Å². The number of benzene rings is 1. The molecule has 0 unspecified atom stereocenters. The van der Waals surface area contributed by atoms with E-state index in [2.05, 4.69) is 35.9 Å². The van der Waals surface area contributed by atoms with E-state index >= 15 is 0 Å². The minimum absolute atomic E-state index is 0.818. The number of aryl methyl sites for hydroxylation is 2. The fourth-order valence-corrected chi connectivity index (χ4v) is 1.74. The molecule has 1 aromatic carbocycles. The predicted molar refractivity (Wildman–Crippen MR) is 66.2 cm³/mol. The second-order valence-electron chi connectivity index (χ2n) is 3.98. The number of rotatable bonds is 3. The zero-order valence-electron chi connectivity index (χ0n) is 9.77. The lowest BCUT2D eigenvalue weighted by Crippen LogP contribution is -1.93. The fraction of sp³-hybridized carbons (Fsp3) is 0.286. The maximum atomic E-state index is 4.42. The topological polar surface area (TPSA) is 25.8 Å². The summed E-state index contributed by atoms with van der Waals surface area (Å²) in [6.07, 6.45) is 6.04. The summed E-state index contributed by atoms with van der Waals surface area (Å²) in [6, 6.07) is 8.19. The zero-order valence-corrected chi connectivity index (χ0v) is 9.77. The molecule has 2 aromatic rings. The molecule has 0 spiro atoms. The number of hydrogen-bond acceptors (Lipinski definition) is 2. The van der Waals surface area contributed by atoms with Crippen molar-refractivity contribution in [3.63, 3.8) is 0 Å². The van der Waals surface area contributed by atoms with Gasteiger partial charge in [0.2, 0.25) is 0 Å². The standard InChI is InChI=1S/C14H16N2/c1-3-6-12-9-15-14(16-10-12)13-8-5-4-7-11(13)2/h4-5,7-10H,3,6H2,1-2H3. The molecule has 2 rings (SSSR count). The van der Waals surface area contributed by atoms with E-state index in [0.717, 1.165) is 24.2 Å². The number of hydrogen-bond donors (Lipinski definition) is 0. The van der Waals surface area contributed by atoms with Crippen LogP contribution in [0.1, 0.15) is 24.5 Å². The first-order valence-corrected chi connectivity index (χ1v) is 5.68. The summed E-state index contributed by atoms with van der Waals surface area (Å²) in [4.78, 5) is 8.83. The lowest BCUT2D eigenvalue weighted by Gasteiger charge is -2.04. The van der Waals surface area contributed by atoms with E-state index in [1.807, 2.05) is 24.5 Å². The van der Waals surface area contributed by atoms with Gasteiger partial charge in [-0.25, -0.2) is 9.97 Å². The second kappa shape index (κ2) is 4.88. The highest BCUT2D eigenvalue weighted by Gasteiger charge is 2.03. The van der Waals surface area contributed by atoms with Gasteiger partial charge in [-0.2, -0.15) is 0 Å². The van der Waals surface area contributed by atoms with Gasteiger partial charge in [0.25, 0.3) is 0 Å². The van der Waals surface area contributed by atoms with E-state index in [1.165, 1.54) is 11.1 Å². The first kappa shape index (κ1) is 10.8. The molecule has 82 valence electrons. The molecule has 16 heavy (non-hydrogen) atoms. The van der Waals surface area contributed by atoms with Crippen molar-refractivity contribution in [2.75, 3.05) is 0 Å². The first-order chi connectivity index (χ1) is 7.81. The van der Waals surface area contributed by atoms with E-state index in [4.69, 9.17) is 0 Å². The molecule has 2 nitrogen and oxygen atoms in total. The molecule has 2 heteroatoms. The van der Waals surface area contributed by atoms with Crippen LogP contribution < -0.4 is 0 Å². The smallest absolute Gasteiger partial charge is 0.159 e. The van der Waals surface area contributed by atoms with Crippen LogP contribution in [0.4, 0.5) is 0 Å². The maximum Gasteiger partial charge on any atom is 0.159 e. The SMILES string of the molecule is CCCc1cnc(-c2ccccc2C)nc1. The molecule has 0 amide bonds. The van der Waals surface area contributed by atoms with Gasteiger partial charge in [0.05, 0.1) is 0 Å². The fourth-order valence-electron chi connectivity index (χ4n) is 1.74. The second-order valence-corrected chi connectivity index (χ2v) is 3.98. The van der Waals surface area contributed by atoms with Crippen molar-refractivity contribution in [2.45, 2.75) is 26.7 Å². The quantitative estimate of drug-likeness (QED) is 0.779. The molecule has 0 bridgehead atoms. The average molecular weight is 212 g/mol. The largest absolute Gasteiger partial charge is 0.236 e. The van der Waals surface area contributed by atoms with Crippen LogP contribution in [0.5, 0.6) is 0 Å². The molecule has 0 fully saturated rings. The summed E-state index contributed by atoms with van der Waals surface area (Å²) in [5.41, 5.74) is 3.54. The Morgan fingerprint density at radius 1 is 1.06 bits per heavy atom. The van der Waals surface area contributed by atoms with E-state index in [0.29, 0.717) is 0 Å². The van der Waals surface area contributed by atoms with Crippen molar-refractivity contribution in [1.29, 1.82) is 0 Å². The third-order valence-electron chi connectivity index (χ3n) is 2.63. The summed E-state index contributed by atoms with van der Waals surface area (Å²) in [5.74, 6) is 0.818. The van der Waals surface area contributed by atoms with Gasteiger partial charge < -0.3 is 0 Å². The van der Waals surface area contributed by atoms with Gasteiger partial charge in [-0.15, -0.1) is 0 Å². The van der Waals surface area contributed by atoms with Crippen LogP contribution in [-0.4, -0.2) is 9.97 Å². The van der Waals surface area contributed by atoms with Crippen molar-refractivity contribution in [2.24, 2.45) is 0 Å². The van der Waals surface area contributed by atoms with Crippen LogP contribution in [0.15, 0.2) is 36.7 Å². The van der Waals surface area contributed by atoms with Crippen molar-refractivity contribution in [1.82, 2.24) is 9.97 Å². The summed E-state index contributed by atoms with van der Waals surface area (Å²) in [6.45, 7) is 4.24. The van der Waals surface area contributed by atoms with Crippen LogP contribution >= 0.6 is 0 Å². The lowest BCUT2D eigenvalue weighted by atomic mass is 10.1. The van der Waals surface area contributed by atoms with Crippen LogP contribution in [0, 0.1) is 6.92 Å². The predicted octanol–water partition coefficient (Wildman–Crippen LogP) is 3.40. The molecule has 0 atom stereocenters. The molecule has 0 radical (unpaired) electrons. The molecule has 0 aliphatic rings. The van der Waals surface area contributed by atoms with Gasteiger partial charge in [0.15, 0.2) is 5.82 Å². The normalized spacial score (nSPS) is 10.4. The summed E-state index contributed by atoms with van der Waals surface area (Å²) < 4.78 is 0. The highest BCUT2D eigenvalue weighted by molar-refractivity contribution is 5.59. The number of nitrogens with zero attached hydrogens (tertiary/aromatic N) is 2. The van der Waals surface area contributed by atoms with Gasteiger partial charge in [-0.05, 0) is 24.5 Å². The van der Waals surface area contributed by atoms with Crippen LogP contribution in [0.2, 0.25) is 0 Å². The Balaban J connectivity index is 2.31. The van der Waals surface area contributed by atoms with Gasteiger partial charge in [-0.3, -0.25) is 0 Å². The van der Waals surface area contributed by atoms with E-state index in [1.54, 1.807) is 0 Å². The van der Waals surface area contributed by atoms with Gasteiger partial charge >= 0.3 is 0 Å². The van der Waals surface area contributed by atoms with Crippen LogP contribution in [-0.2, 0) is 6.42 Å². The highest BCUT2D eigenvalue weighted by Crippen LogP contribution is 2.18. The third-order valence-corrected chi connectivity index (χ3v) is 2.63. The van der Waals surface area contributed by atoms with E-state index < -0.39 is 0 Å². The van der Waals surface area contributed by atoms with Crippen molar-refractivity contribution >= 4 is 0 Å². The molecule has 0 N–H and O–H groups in total. The van der Waals surface area contributed by atoms with E-state index in [9.17, 15) is 0 Å². The summed E-state index contributed by atoms with van der Waals surface area (Å²) >= 11 is 0. The molecular weight excluding hydrogens is 196 g/mol. The molecule has 0 saturated carbocycles. The molecule has 1 heterocycles. The zero-order chi connectivity index (χ0) is 11.4. The molecule has 1 aromatic heterocycles.